The maximum atomic E-state index is 12.2. The van der Waals surface area contributed by atoms with Gasteiger partial charge in [-0.15, -0.1) is 6.58 Å². The predicted octanol–water partition coefficient (Wildman–Crippen LogP) is 4.64. The fourth-order valence-corrected chi connectivity index (χ4v) is 8.82. The molecule has 4 fully saturated rings. The van der Waals surface area contributed by atoms with E-state index in [4.69, 9.17) is 4.74 Å². The van der Waals surface area contributed by atoms with E-state index in [1.165, 1.54) is 18.4 Å². The molecule has 1 aliphatic heterocycles. The van der Waals surface area contributed by atoms with Gasteiger partial charge in [0.05, 0.1) is 0 Å². The zero-order valence-electron chi connectivity index (χ0n) is 16.7. The van der Waals surface area contributed by atoms with Crippen LogP contribution in [0, 0.1) is 46.8 Å². The zero-order valence-corrected chi connectivity index (χ0v) is 16.7. The zero-order chi connectivity index (χ0) is 19.3. The van der Waals surface area contributed by atoms with Gasteiger partial charge in [0.1, 0.15) is 11.4 Å². The number of hydrogen-bond acceptors (Lipinski definition) is 3. The van der Waals surface area contributed by atoms with Crippen LogP contribution in [0.1, 0.15) is 51.9 Å². The average Bonchev–Trinajstić information content (AvgIpc) is 3.34. The van der Waals surface area contributed by atoms with Crippen LogP contribution in [0.15, 0.2) is 36.5 Å². The molecule has 3 nitrogen and oxygen atoms in total. The normalized spacial score (nSPS) is 53.0. The van der Waals surface area contributed by atoms with Crippen LogP contribution < -0.4 is 0 Å². The first-order chi connectivity index (χ1) is 13.5. The summed E-state index contributed by atoms with van der Waals surface area (Å²) in [6, 6.07) is 0. The van der Waals surface area contributed by atoms with Gasteiger partial charge in [-0.1, -0.05) is 24.6 Å². The monoisotopic (exact) mass is 378 g/mol. The smallest absolute Gasteiger partial charge is 0.331 e. The molecule has 28 heavy (non-hydrogen) atoms. The van der Waals surface area contributed by atoms with Crippen molar-refractivity contribution in [3.8, 4) is 0 Å². The van der Waals surface area contributed by atoms with E-state index in [0.29, 0.717) is 53.6 Å². The number of ether oxygens (including phenoxy) is 1. The van der Waals surface area contributed by atoms with Crippen molar-refractivity contribution in [1.82, 2.24) is 0 Å². The van der Waals surface area contributed by atoms with Crippen molar-refractivity contribution < 1.29 is 14.3 Å². The molecule has 0 aromatic heterocycles. The Labute approximate surface area is 167 Å². The lowest BCUT2D eigenvalue weighted by Gasteiger charge is -2.59. The molecule has 9 atom stereocenters. The van der Waals surface area contributed by atoms with Crippen LogP contribution in [0.4, 0.5) is 0 Å². The first kappa shape index (κ1) is 17.2. The van der Waals surface area contributed by atoms with Crippen LogP contribution >= 0.6 is 0 Å². The molecule has 0 N–H and O–H groups in total. The first-order valence-corrected chi connectivity index (χ1v) is 11.3. The minimum absolute atomic E-state index is 0.0848. The summed E-state index contributed by atoms with van der Waals surface area (Å²) in [5.74, 6) is 4.28. The highest BCUT2D eigenvalue weighted by atomic mass is 16.6. The number of hydrogen-bond donors (Lipinski definition) is 0. The first-order valence-electron chi connectivity index (χ1n) is 11.3. The molecule has 1 spiro atoms. The van der Waals surface area contributed by atoms with Crippen molar-refractivity contribution in [1.29, 1.82) is 0 Å². The van der Waals surface area contributed by atoms with Crippen molar-refractivity contribution in [2.24, 2.45) is 46.8 Å². The summed E-state index contributed by atoms with van der Waals surface area (Å²) < 4.78 is 6.16. The number of esters is 1. The van der Waals surface area contributed by atoms with Gasteiger partial charge in [0, 0.05) is 30.3 Å². The van der Waals surface area contributed by atoms with Gasteiger partial charge in [0.15, 0.2) is 0 Å². The van der Waals surface area contributed by atoms with Crippen LogP contribution in [0.2, 0.25) is 0 Å². The fraction of sp³-hybridized carbons (Fsp3) is 0.680. The Morgan fingerprint density at radius 2 is 2.14 bits per heavy atom. The van der Waals surface area contributed by atoms with E-state index in [1.54, 1.807) is 6.08 Å². The molecule has 6 aliphatic rings. The van der Waals surface area contributed by atoms with Gasteiger partial charge in [-0.05, 0) is 73.7 Å². The molecule has 4 saturated carbocycles. The molecule has 0 unspecified atom stereocenters. The van der Waals surface area contributed by atoms with E-state index in [9.17, 15) is 9.59 Å². The van der Waals surface area contributed by atoms with Crippen LogP contribution in [0.25, 0.3) is 0 Å². The Hall–Kier alpha value is -1.64. The maximum absolute atomic E-state index is 12.2. The van der Waals surface area contributed by atoms with E-state index in [2.05, 4.69) is 31.7 Å². The van der Waals surface area contributed by atoms with Crippen molar-refractivity contribution >= 4 is 11.8 Å². The van der Waals surface area contributed by atoms with E-state index in [0.717, 1.165) is 25.7 Å². The lowest BCUT2D eigenvalue weighted by atomic mass is 9.46. The molecule has 148 valence electrons. The average molecular weight is 379 g/mol. The Morgan fingerprint density at radius 3 is 2.86 bits per heavy atom. The molecule has 5 aliphatic carbocycles. The van der Waals surface area contributed by atoms with E-state index >= 15 is 0 Å². The number of rotatable bonds is 2. The third-order valence-corrected chi connectivity index (χ3v) is 9.72. The highest BCUT2D eigenvalue weighted by Gasteiger charge is 2.79. The molecule has 0 saturated heterocycles. The lowest BCUT2D eigenvalue weighted by molar-refractivity contribution is -0.172. The summed E-state index contributed by atoms with van der Waals surface area (Å²) in [6.07, 6.45) is 15.5. The Kier molecular flexibility index (Phi) is 3.38. The summed E-state index contributed by atoms with van der Waals surface area (Å²) in [6.45, 7) is 6.52. The molecule has 6 rings (SSSR count). The van der Waals surface area contributed by atoms with Crippen molar-refractivity contribution in [2.45, 2.75) is 57.5 Å². The molecule has 0 radical (unpaired) electrons. The number of carbonyl (C=O) groups is 2. The fourth-order valence-electron chi connectivity index (χ4n) is 8.82. The number of Topliss-reactive ketones (excluding diaryl/α,β-unsaturated/α-hetero) is 1. The summed E-state index contributed by atoms with van der Waals surface area (Å²) >= 11 is 0. The molecule has 3 heteroatoms. The van der Waals surface area contributed by atoms with Gasteiger partial charge < -0.3 is 4.74 Å². The molecule has 0 aromatic rings. The maximum Gasteiger partial charge on any atom is 0.331 e. The molecule has 1 heterocycles. The van der Waals surface area contributed by atoms with Gasteiger partial charge in [-0.3, -0.25) is 4.79 Å². The minimum atomic E-state index is -0.350. The minimum Gasteiger partial charge on any atom is -0.451 e. The van der Waals surface area contributed by atoms with Crippen molar-refractivity contribution in [2.75, 3.05) is 0 Å². The van der Waals surface area contributed by atoms with Crippen molar-refractivity contribution in [3.05, 3.63) is 36.5 Å². The Balaban J connectivity index is 1.46. The largest absolute Gasteiger partial charge is 0.451 e. The Bertz CT molecular complexity index is 837. The molecular weight excluding hydrogens is 348 g/mol. The lowest BCUT2D eigenvalue weighted by Crippen LogP contribution is -2.57. The van der Waals surface area contributed by atoms with Gasteiger partial charge in [-0.25, -0.2) is 4.79 Å². The number of ketones is 1. The molecule has 0 bridgehead atoms. The second-order valence-corrected chi connectivity index (χ2v) is 10.3. The summed E-state index contributed by atoms with van der Waals surface area (Å²) in [7, 11) is 0. The summed E-state index contributed by atoms with van der Waals surface area (Å²) in [5, 5.41) is 0. The molecule has 0 aromatic carbocycles. The third-order valence-electron chi connectivity index (χ3n) is 9.72. The second-order valence-electron chi connectivity index (χ2n) is 10.3. The highest BCUT2D eigenvalue weighted by Crippen LogP contribution is 2.78. The Morgan fingerprint density at radius 1 is 1.29 bits per heavy atom. The molecule has 0 amide bonds. The third kappa shape index (κ3) is 1.87. The summed E-state index contributed by atoms with van der Waals surface area (Å²) in [4.78, 5) is 24.2. The van der Waals surface area contributed by atoms with E-state index < -0.39 is 0 Å². The topological polar surface area (TPSA) is 43.4 Å². The van der Waals surface area contributed by atoms with Crippen LogP contribution in [-0.2, 0) is 14.3 Å². The predicted molar refractivity (Wildman–Crippen MR) is 106 cm³/mol. The van der Waals surface area contributed by atoms with E-state index in [-0.39, 0.29) is 17.0 Å². The number of allylic oxidation sites excluding steroid dienone is 3. The number of carbonyl (C=O) groups excluding carboxylic acids is 2. The standard InChI is InChI=1S/C25H30O3/c1-3-14-11-15-12-16(26)5-6-17(15)18-7-9-24(4-2)23(22(14)18)19-13-20(19)25(24)10-8-21(27)28-25/h3,8,10-11,14,17-20,22-23H,1,4-7,9,12-13H2,2H3/t14-,17+,18-,19-,20+,22-,23+,24+,25+/m1/s1. The second kappa shape index (κ2) is 5.49. The van der Waals surface area contributed by atoms with Crippen LogP contribution in [-0.4, -0.2) is 17.4 Å². The van der Waals surface area contributed by atoms with E-state index in [1.807, 2.05) is 0 Å². The SMILES string of the molecule is C=C[C@@H]1C=C2CC(=O)CC[C@@H]2[C@H]2CC[C@@]3(CC)[C@@H]([C@@H]4C[C@@H]4[C@@]34C=CC(=O)O4)[C@H]12. The molecular formula is C25H30O3. The summed E-state index contributed by atoms with van der Waals surface area (Å²) in [5.41, 5.74) is 1.14. The van der Waals surface area contributed by atoms with Gasteiger partial charge in [0.2, 0.25) is 0 Å². The van der Waals surface area contributed by atoms with Crippen molar-refractivity contribution in [3.63, 3.8) is 0 Å². The highest BCUT2D eigenvalue weighted by molar-refractivity contribution is 5.86. The number of fused-ring (bicyclic) bond motifs is 9. The van der Waals surface area contributed by atoms with Gasteiger partial charge in [-0.2, -0.15) is 0 Å². The quantitative estimate of drug-likeness (QED) is 0.519. The van der Waals surface area contributed by atoms with Gasteiger partial charge >= 0.3 is 5.97 Å². The van der Waals surface area contributed by atoms with Crippen LogP contribution in [0.3, 0.4) is 0 Å². The van der Waals surface area contributed by atoms with Gasteiger partial charge in [0.25, 0.3) is 0 Å². The van der Waals surface area contributed by atoms with Crippen LogP contribution in [0.5, 0.6) is 0 Å².